The first-order chi connectivity index (χ1) is 20.8. The molecule has 0 spiro atoms. The number of piperidine rings is 1. The number of benzene rings is 2. The molecule has 1 aliphatic rings. The second-order valence-electron chi connectivity index (χ2n) is 10.4. The zero-order valence-electron chi connectivity index (χ0n) is 23.6. The Kier molecular flexibility index (Phi) is 8.19. The topological polar surface area (TPSA) is 131 Å². The number of ether oxygens (including phenoxy) is 1. The number of sulfonamides is 1. The van der Waals surface area contributed by atoms with Gasteiger partial charge in [-0.3, -0.25) is 4.72 Å². The average Bonchev–Trinajstić information content (AvgIpc) is 3.40. The first kappa shape index (κ1) is 28.9. The Morgan fingerprint density at radius 2 is 1.93 bits per heavy atom. The number of anilines is 2. The lowest BCUT2D eigenvalue weighted by molar-refractivity contribution is 0.466. The Balaban J connectivity index is 1.33. The van der Waals surface area contributed by atoms with Gasteiger partial charge < -0.3 is 15.4 Å². The molecule has 1 fully saturated rings. The number of rotatable bonds is 9. The smallest absolute Gasteiger partial charge is 0.238 e. The summed E-state index contributed by atoms with van der Waals surface area (Å²) in [7, 11) is -3.95. The second kappa shape index (κ2) is 12.2. The largest absolute Gasteiger partial charge is 0.437 e. The van der Waals surface area contributed by atoms with Crippen LogP contribution in [0.1, 0.15) is 29.1 Å². The third-order valence-electron chi connectivity index (χ3n) is 7.09. The molecule has 0 radical (unpaired) electrons. The van der Waals surface area contributed by atoms with E-state index >= 15 is 4.39 Å². The fourth-order valence-electron chi connectivity index (χ4n) is 5.06. The van der Waals surface area contributed by atoms with Crippen molar-refractivity contribution in [2.45, 2.75) is 38.5 Å². The fraction of sp³-hybridized carbons (Fsp3) is 0.267. The lowest BCUT2D eigenvalue weighted by atomic mass is 10.0. The molecule has 3 aromatic heterocycles. The lowest BCUT2D eigenvalue weighted by Gasteiger charge is -2.23. The number of hydrogen-bond donors (Lipinski definition) is 3. The van der Waals surface area contributed by atoms with Crippen molar-refractivity contribution in [2.75, 3.05) is 23.1 Å². The highest BCUT2D eigenvalue weighted by atomic mass is 32.2. The molecule has 5 aromatic rings. The molecule has 1 aliphatic heterocycles. The SMILES string of the molecule is Cc1nc(CS(=O)(=O)Nc2c(F)ccc3c(Oc4ncccc4-c4ccnc(N[C@H]5CCCNC5)n4)c(C)ccc23)cs1. The van der Waals surface area contributed by atoms with Crippen molar-refractivity contribution < 1.29 is 17.5 Å². The van der Waals surface area contributed by atoms with E-state index in [9.17, 15) is 8.42 Å². The normalized spacial score (nSPS) is 15.4. The molecule has 10 nitrogen and oxygen atoms in total. The van der Waals surface area contributed by atoms with E-state index in [2.05, 4.69) is 30.3 Å². The van der Waals surface area contributed by atoms with Gasteiger partial charge in [0.05, 0.1) is 27.6 Å². The second-order valence-corrected chi connectivity index (χ2v) is 13.1. The standard InChI is InChI=1S/C30H30FN7O3S2/c1-18-7-8-22-23(9-10-25(31)27(22)38-43(39,40)17-21-16-42-19(2)35-21)28(18)41-29-24(6-4-13-33-29)26-11-14-34-30(37-26)36-20-5-3-12-32-15-20/h4,6-11,13-14,16,20,32,38H,3,5,12,15,17H2,1-2H3,(H,34,36,37)/t20-/m0/s1. The van der Waals surface area contributed by atoms with E-state index in [1.165, 1.54) is 17.4 Å². The van der Waals surface area contributed by atoms with Gasteiger partial charge in [-0.15, -0.1) is 11.3 Å². The summed E-state index contributed by atoms with van der Waals surface area (Å²) < 4.78 is 50.0. The van der Waals surface area contributed by atoms with Crippen LogP contribution in [0.4, 0.5) is 16.0 Å². The van der Waals surface area contributed by atoms with E-state index in [0.29, 0.717) is 45.3 Å². The van der Waals surface area contributed by atoms with Gasteiger partial charge in [0.2, 0.25) is 21.9 Å². The van der Waals surface area contributed by atoms with Gasteiger partial charge in [0.1, 0.15) is 17.3 Å². The summed E-state index contributed by atoms with van der Waals surface area (Å²) in [4.78, 5) is 17.8. The van der Waals surface area contributed by atoms with Crippen molar-refractivity contribution in [3.8, 4) is 22.9 Å². The zero-order valence-corrected chi connectivity index (χ0v) is 25.2. The number of thiazole rings is 1. The number of hydrogen-bond acceptors (Lipinski definition) is 10. The summed E-state index contributed by atoms with van der Waals surface area (Å²) in [6, 6.07) is 11.9. The van der Waals surface area contributed by atoms with Crippen LogP contribution in [0.15, 0.2) is 60.2 Å². The molecule has 1 saturated heterocycles. The molecule has 0 unspecified atom stereocenters. The summed E-state index contributed by atoms with van der Waals surface area (Å²) in [6.07, 6.45) is 5.42. The molecule has 0 amide bonds. The van der Waals surface area contributed by atoms with E-state index in [4.69, 9.17) is 9.72 Å². The minimum atomic E-state index is -3.95. The highest BCUT2D eigenvalue weighted by Crippen LogP contribution is 2.39. The zero-order chi connectivity index (χ0) is 30.0. The van der Waals surface area contributed by atoms with Crippen molar-refractivity contribution in [3.05, 3.63) is 82.3 Å². The summed E-state index contributed by atoms with van der Waals surface area (Å²) in [5, 5.41) is 10.1. The summed E-state index contributed by atoms with van der Waals surface area (Å²) in [5.74, 6) is 0.170. The van der Waals surface area contributed by atoms with Crippen molar-refractivity contribution in [3.63, 3.8) is 0 Å². The molecule has 13 heteroatoms. The van der Waals surface area contributed by atoms with Crippen LogP contribution in [0.2, 0.25) is 0 Å². The van der Waals surface area contributed by atoms with Gasteiger partial charge in [-0.1, -0.05) is 12.1 Å². The first-order valence-corrected chi connectivity index (χ1v) is 16.4. The maximum absolute atomic E-state index is 15.1. The van der Waals surface area contributed by atoms with Crippen molar-refractivity contribution in [1.29, 1.82) is 0 Å². The molecule has 2 aromatic carbocycles. The molecular formula is C30H30FN7O3S2. The fourth-order valence-corrected chi connectivity index (χ4v) is 6.91. The van der Waals surface area contributed by atoms with Crippen LogP contribution < -0.4 is 20.1 Å². The van der Waals surface area contributed by atoms with Gasteiger partial charge in [0, 0.05) is 41.1 Å². The first-order valence-electron chi connectivity index (χ1n) is 13.8. The van der Waals surface area contributed by atoms with Crippen molar-refractivity contribution in [1.82, 2.24) is 25.3 Å². The van der Waals surface area contributed by atoms with E-state index in [1.807, 2.05) is 13.0 Å². The number of nitrogens with one attached hydrogen (secondary N) is 3. The monoisotopic (exact) mass is 619 g/mol. The predicted molar refractivity (Wildman–Crippen MR) is 167 cm³/mol. The molecule has 43 heavy (non-hydrogen) atoms. The summed E-state index contributed by atoms with van der Waals surface area (Å²) in [6.45, 7) is 5.51. The quantitative estimate of drug-likeness (QED) is 0.187. The van der Waals surface area contributed by atoms with Crippen LogP contribution in [0.5, 0.6) is 11.6 Å². The average molecular weight is 620 g/mol. The van der Waals surface area contributed by atoms with Gasteiger partial charge in [0.15, 0.2) is 0 Å². The Morgan fingerprint density at radius 1 is 1.07 bits per heavy atom. The molecule has 0 bridgehead atoms. The van der Waals surface area contributed by atoms with Crippen molar-refractivity contribution >= 4 is 43.8 Å². The van der Waals surface area contributed by atoms with Crippen LogP contribution in [-0.4, -0.2) is 47.5 Å². The Morgan fingerprint density at radius 3 is 2.72 bits per heavy atom. The summed E-state index contributed by atoms with van der Waals surface area (Å²) >= 11 is 1.36. The highest BCUT2D eigenvalue weighted by Gasteiger charge is 2.21. The van der Waals surface area contributed by atoms with Crippen molar-refractivity contribution in [2.24, 2.45) is 0 Å². The van der Waals surface area contributed by atoms with E-state index in [1.54, 1.807) is 55.0 Å². The van der Waals surface area contributed by atoms with E-state index in [0.717, 1.165) is 36.5 Å². The minimum Gasteiger partial charge on any atom is -0.437 e. The molecular weight excluding hydrogens is 590 g/mol. The van der Waals surface area contributed by atoms with Crippen LogP contribution >= 0.6 is 11.3 Å². The lowest BCUT2D eigenvalue weighted by Crippen LogP contribution is -2.38. The molecule has 4 heterocycles. The van der Waals surface area contributed by atoms with Crippen LogP contribution in [0.25, 0.3) is 22.0 Å². The Hall–Kier alpha value is -4.20. The molecule has 0 aliphatic carbocycles. The molecule has 222 valence electrons. The van der Waals surface area contributed by atoms with Gasteiger partial charge >= 0.3 is 0 Å². The van der Waals surface area contributed by atoms with E-state index in [-0.39, 0.29) is 17.5 Å². The van der Waals surface area contributed by atoms with E-state index < -0.39 is 15.8 Å². The third-order valence-corrected chi connectivity index (χ3v) is 9.10. The third kappa shape index (κ3) is 6.58. The maximum atomic E-state index is 15.1. The van der Waals surface area contributed by atoms with Crippen LogP contribution in [0.3, 0.4) is 0 Å². The molecule has 3 N–H and O–H groups in total. The number of aryl methyl sites for hydroxylation is 2. The summed E-state index contributed by atoms with van der Waals surface area (Å²) in [5.41, 5.74) is 2.28. The number of nitrogens with zero attached hydrogens (tertiary/aromatic N) is 4. The predicted octanol–water partition coefficient (Wildman–Crippen LogP) is 5.80. The Bertz CT molecular complexity index is 1890. The van der Waals surface area contributed by atoms with Gasteiger partial charge in [-0.25, -0.2) is 32.7 Å². The van der Waals surface area contributed by atoms with Gasteiger partial charge in [-0.05, 0) is 69.1 Å². The number of fused-ring (bicyclic) bond motifs is 1. The maximum Gasteiger partial charge on any atom is 0.238 e. The Labute approximate surface area is 252 Å². The number of pyridine rings is 1. The van der Waals surface area contributed by atoms with Gasteiger partial charge in [0.25, 0.3) is 0 Å². The molecule has 1 atom stereocenters. The number of halogens is 1. The van der Waals surface area contributed by atoms with Gasteiger partial charge in [-0.2, -0.15) is 0 Å². The van der Waals surface area contributed by atoms with Crippen LogP contribution in [-0.2, 0) is 15.8 Å². The highest BCUT2D eigenvalue weighted by molar-refractivity contribution is 7.91. The minimum absolute atomic E-state index is 0.153. The molecule has 0 saturated carbocycles. The van der Waals surface area contributed by atoms with Crippen LogP contribution in [0, 0.1) is 19.7 Å². The number of aromatic nitrogens is 4. The molecule has 6 rings (SSSR count).